The number of carbonyl (C=O) groups excluding carboxylic acids is 3. The molecule has 4 atom stereocenters. The molecule has 2 amide bonds. The molecular formula is C24H29N3O4S. The molecule has 0 radical (unpaired) electrons. The topological polar surface area (TPSA) is 88.6 Å². The van der Waals surface area contributed by atoms with Crippen LogP contribution in [0.1, 0.15) is 43.1 Å². The maximum atomic E-state index is 13.5. The molecule has 2 aromatic rings. The van der Waals surface area contributed by atoms with Crippen LogP contribution < -0.4 is 5.32 Å². The van der Waals surface area contributed by atoms with Crippen molar-refractivity contribution in [2.24, 2.45) is 11.3 Å². The van der Waals surface area contributed by atoms with Crippen LogP contribution in [0, 0.1) is 18.3 Å². The van der Waals surface area contributed by atoms with E-state index in [2.05, 4.69) is 10.3 Å². The number of benzene rings is 1. The highest BCUT2D eigenvalue weighted by molar-refractivity contribution is 7.09. The first kappa shape index (κ1) is 22.6. The van der Waals surface area contributed by atoms with Gasteiger partial charge in [0.25, 0.3) is 5.91 Å². The summed E-state index contributed by atoms with van der Waals surface area (Å²) >= 11 is 1.58. The van der Waals surface area contributed by atoms with E-state index in [-0.39, 0.29) is 36.2 Å². The van der Waals surface area contributed by atoms with Gasteiger partial charge in [0.05, 0.1) is 16.8 Å². The third kappa shape index (κ3) is 4.21. The fourth-order valence-corrected chi connectivity index (χ4v) is 5.06. The average molecular weight is 456 g/mol. The molecule has 0 spiro atoms. The fourth-order valence-electron chi connectivity index (χ4n) is 4.44. The van der Waals surface area contributed by atoms with E-state index in [1.807, 2.05) is 52.1 Å². The summed E-state index contributed by atoms with van der Waals surface area (Å²) in [6, 6.07) is 5.88. The summed E-state index contributed by atoms with van der Waals surface area (Å²) in [7, 11) is 0. The first-order valence-electron chi connectivity index (χ1n) is 10.8. The number of aryl methyl sites for hydroxylation is 1. The van der Waals surface area contributed by atoms with Crippen molar-refractivity contribution in [3.05, 3.63) is 40.2 Å². The van der Waals surface area contributed by atoms with E-state index in [1.165, 1.54) is 0 Å². The van der Waals surface area contributed by atoms with Crippen LogP contribution in [-0.4, -0.2) is 58.8 Å². The molecule has 1 N–H and O–H groups in total. The minimum absolute atomic E-state index is 0.0425. The molecule has 7 nitrogen and oxygen atoms in total. The Morgan fingerprint density at radius 1 is 1.25 bits per heavy atom. The number of hydrogen-bond donors (Lipinski definition) is 1. The predicted octanol–water partition coefficient (Wildman–Crippen LogP) is 3.08. The number of likely N-dealkylation sites (tertiary alicyclic amines) is 1. The Hall–Kier alpha value is -2.58. The van der Waals surface area contributed by atoms with E-state index in [1.54, 1.807) is 28.4 Å². The number of nitrogens with zero attached hydrogens (tertiary/aromatic N) is 2. The molecular weight excluding hydrogens is 426 g/mol. The number of ether oxygens (including phenoxy) is 1. The second-order valence-electron chi connectivity index (χ2n) is 9.76. The van der Waals surface area contributed by atoms with Gasteiger partial charge in [-0.3, -0.25) is 14.4 Å². The van der Waals surface area contributed by atoms with Gasteiger partial charge in [-0.25, -0.2) is 4.98 Å². The number of thiazole rings is 1. The van der Waals surface area contributed by atoms with Crippen LogP contribution in [0.5, 0.6) is 0 Å². The van der Waals surface area contributed by atoms with Gasteiger partial charge in [0.1, 0.15) is 18.7 Å². The van der Waals surface area contributed by atoms with Crippen LogP contribution in [0.25, 0.3) is 11.3 Å². The maximum Gasteiger partial charge on any atom is 0.251 e. The summed E-state index contributed by atoms with van der Waals surface area (Å²) in [6.45, 7) is 10.2. The van der Waals surface area contributed by atoms with E-state index in [0.29, 0.717) is 12.1 Å². The Kier molecular flexibility index (Phi) is 5.94. The summed E-state index contributed by atoms with van der Waals surface area (Å²) in [4.78, 5) is 45.0. The number of fused-ring (bicyclic) bond motifs is 1. The van der Waals surface area contributed by atoms with Crippen LogP contribution in [0.3, 0.4) is 0 Å². The fraction of sp³-hybridized carbons (Fsp3) is 0.500. The molecule has 8 heteroatoms. The van der Waals surface area contributed by atoms with Gasteiger partial charge < -0.3 is 15.0 Å². The number of Topliss-reactive ketones (excluding diaryl/α,β-unsaturated/α-hetero) is 1. The molecule has 0 saturated carbocycles. The zero-order valence-corrected chi connectivity index (χ0v) is 19.9. The summed E-state index contributed by atoms with van der Waals surface area (Å²) in [6.07, 6.45) is -0.260. The van der Waals surface area contributed by atoms with Crippen LogP contribution in [-0.2, 0) is 14.3 Å². The third-order valence-electron chi connectivity index (χ3n) is 6.17. The normalized spacial score (nSPS) is 23.8. The Morgan fingerprint density at radius 3 is 2.53 bits per heavy atom. The Labute approximate surface area is 192 Å². The van der Waals surface area contributed by atoms with Gasteiger partial charge in [-0.05, 0) is 24.5 Å². The highest BCUT2D eigenvalue weighted by Gasteiger charge is 2.52. The number of hydrogen-bond acceptors (Lipinski definition) is 6. The van der Waals surface area contributed by atoms with Gasteiger partial charge in [0.15, 0.2) is 5.78 Å². The van der Waals surface area contributed by atoms with Crippen molar-refractivity contribution in [1.82, 2.24) is 15.2 Å². The molecule has 1 aromatic heterocycles. The molecule has 170 valence electrons. The number of nitrogens with one attached hydrogen (secondary N) is 1. The van der Waals surface area contributed by atoms with Gasteiger partial charge >= 0.3 is 0 Å². The van der Waals surface area contributed by atoms with E-state index in [4.69, 9.17) is 4.74 Å². The summed E-state index contributed by atoms with van der Waals surface area (Å²) in [5.74, 6) is -0.552. The molecule has 32 heavy (non-hydrogen) atoms. The van der Waals surface area contributed by atoms with Crippen molar-refractivity contribution in [3.8, 4) is 11.3 Å². The molecule has 0 aliphatic carbocycles. The van der Waals surface area contributed by atoms with Crippen LogP contribution in [0.2, 0.25) is 0 Å². The molecule has 2 saturated heterocycles. The molecule has 0 unspecified atom stereocenters. The standard InChI is InChI=1S/C24H29N3O4S/c1-13-10-27(19-18(28)11-31-20(13)19)23(30)21(24(3,4)5)26-22(29)16-8-6-15(7-9-16)17-12-32-14(2)25-17/h6-9,12-13,19-21H,10-11H2,1-5H3,(H,26,29)/t13-,19+,20+,21+/m0/s1. The Bertz CT molecular complexity index is 1040. The molecule has 0 bridgehead atoms. The van der Waals surface area contributed by atoms with E-state index >= 15 is 0 Å². The van der Waals surface area contributed by atoms with Crippen molar-refractivity contribution < 1.29 is 19.1 Å². The lowest BCUT2D eigenvalue weighted by Crippen LogP contribution is -2.57. The maximum absolute atomic E-state index is 13.5. The first-order valence-corrected chi connectivity index (χ1v) is 11.7. The molecule has 3 heterocycles. The van der Waals surface area contributed by atoms with Crippen molar-refractivity contribution in [3.63, 3.8) is 0 Å². The molecule has 4 rings (SSSR count). The lowest BCUT2D eigenvalue weighted by Gasteiger charge is -2.35. The Balaban J connectivity index is 1.52. The predicted molar refractivity (Wildman–Crippen MR) is 122 cm³/mol. The second-order valence-corrected chi connectivity index (χ2v) is 10.8. The van der Waals surface area contributed by atoms with Gasteiger partial charge in [-0.2, -0.15) is 0 Å². The highest BCUT2D eigenvalue weighted by atomic mass is 32.1. The Morgan fingerprint density at radius 2 is 1.94 bits per heavy atom. The van der Waals surface area contributed by atoms with Crippen LogP contribution >= 0.6 is 11.3 Å². The number of aromatic nitrogens is 1. The minimum atomic E-state index is -0.768. The lowest BCUT2D eigenvalue weighted by molar-refractivity contribution is -0.140. The van der Waals surface area contributed by atoms with E-state index in [0.717, 1.165) is 16.3 Å². The first-order chi connectivity index (χ1) is 15.1. The summed E-state index contributed by atoms with van der Waals surface area (Å²) in [5.41, 5.74) is 1.75. The summed E-state index contributed by atoms with van der Waals surface area (Å²) in [5, 5.41) is 5.89. The minimum Gasteiger partial charge on any atom is -0.367 e. The SMILES string of the molecule is Cc1nc(-c2ccc(C(=O)N[C@H](C(=O)N3C[C@H](C)[C@H]4OCC(=O)[C@H]43)C(C)(C)C)cc2)cs1. The average Bonchev–Trinajstić information content (AvgIpc) is 3.43. The smallest absolute Gasteiger partial charge is 0.251 e. The molecule has 2 aliphatic heterocycles. The zero-order chi connectivity index (χ0) is 23.2. The lowest BCUT2D eigenvalue weighted by atomic mass is 9.85. The van der Waals surface area contributed by atoms with Crippen molar-refractivity contribution in [2.45, 2.75) is 52.8 Å². The van der Waals surface area contributed by atoms with E-state index in [9.17, 15) is 14.4 Å². The van der Waals surface area contributed by atoms with Crippen molar-refractivity contribution in [2.75, 3.05) is 13.2 Å². The monoisotopic (exact) mass is 455 g/mol. The number of rotatable bonds is 4. The van der Waals surface area contributed by atoms with Gasteiger partial charge in [-0.1, -0.05) is 39.8 Å². The van der Waals surface area contributed by atoms with Gasteiger partial charge in [0, 0.05) is 29.0 Å². The summed E-state index contributed by atoms with van der Waals surface area (Å²) < 4.78 is 5.61. The van der Waals surface area contributed by atoms with Gasteiger partial charge in [0.2, 0.25) is 5.91 Å². The molecule has 2 fully saturated rings. The van der Waals surface area contributed by atoms with Crippen LogP contribution in [0.4, 0.5) is 0 Å². The van der Waals surface area contributed by atoms with Crippen molar-refractivity contribution in [1.29, 1.82) is 0 Å². The van der Waals surface area contributed by atoms with E-state index < -0.39 is 17.5 Å². The highest BCUT2D eigenvalue weighted by Crippen LogP contribution is 2.34. The third-order valence-corrected chi connectivity index (χ3v) is 6.95. The number of ketones is 1. The van der Waals surface area contributed by atoms with Gasteiger partial charge in [-0.15, -0.1) is 11.3 Å². The number of carbonyl (C=O) groups is 3. The van der Waals surface area contributed by atoms with Crippen LogP contribution in [0.15, 0.2) is 29.6 Å². The molecule has 2 aliphatic rings. The largest absolute Gasteiger partial charge is 0.367 e. The number of amides is 2. The quantitative estimate of drug-likeness (QED) is 0.765. The second kappa shape index (κ2) is 8.41. The zero-order valence-electron chi connectivity index (χ0n) is 19.0. The van der Waals surface area contributed by atoms with Crippen molar-refractivity contribution >= 4 is 28.9 Å². The molecule has 1 aromatic carbocycles.